The lowest BCUT2D eigenvalue weighted by molar-refractivity contribution is -0.123. The Bertz CT molecular complexity index is 1570. The van der Waals surface area contributed by atoms with Crippen molar-refractivity contribution in [2.24, 2.45) is 17.8 Å². The Kier molecular flexibility index (Phi) is 6.44. The summed E-state index contributed by atoms with van der Waals surface area (Å²) in [5, 5.41) is 10.6. The fourth-order valence-electron chi connectivity index (χ4n) is 6.67. The highest BCUT2D eigenvalue weighted by molar-refractivity contribution is 14.1. The normalized spacial score (nSPS) is 25.8. The number of fused-ring (bicyclic) bond motifs is 3. The van der Waals surface area contributed by atoms with E-state index in [0.29, 0.717) is 34.4 Å². The number of Topliss-reactive ketones (excluding diaryl/α,β-unsaturated/α-hetero) is 1. The van der Waals surface area contributed by atoms with Gasteiger partial charge in [0.15, 0.2) is 23.1 Å². The number of anilines is 1. The molecule has 0 saturated carbocycles. The van der Waals surface area contributed by atoms with Crippen LogP contribution in [0.25, 0.3) is 0 Å². The average Bonchev–Trinajstić information content (AvgIpc) is 3.21. The number of hydrogen-bond acceptors (Lipinski definition) is 7. The van der Waals surface area contributed by atoms with Gasteiger partial charge in [0, 0.05) is 26.2 Å². The maximum absolute atomic E-state index is 14.0. The Hall–Kier alpha value is -3.73. The molecular formula is C31H26INO7. The van der Waals surface area contributed by atoms with Crippen LogP contribution >= 0.6 is 22.6 Å². The Labute approximate surface area is 244 Å². The highest BCUT2D eigenvalue weighted by Crippen LogP contribution is 2.56. The molecule has 0 radical (unpaired) electrons. The van der Waals surface area contributed by atoms with Crippen molar-refractivity contribution in [2.45, 2.75) is 25.7 Å². The summed E-state index contributed by atoms with van der Waals surface area (Å²) in [5.41, 5.74) is 3.01. The first-order chi connectivity index (χ1) is 19.2. The molecule has 40 heavy (non-hydrogen) atoms. The molecule has 1 fully saturated rings. The largest absolute Gasteiger partial charge is 0.502 e. The first-order valence-electron chi connectivity index (χ1n) is 12.9. The van der Waals surface area contributed by atoms with Crippen LogP contribution in [0.4, 0.5) is 5.69 Å². The number of nitrogens with zero attached hydrogens (tertiary/aromatic N) is 1. The molecule has 1 aliphatic heterocycles. The van der Waals surface area contributed by atoms with Crippen LogP contribution in [-0.2, 0) is 19.2 Å². The summed E-state index contributed by atoms with van der Waals surface area (Å²) in [5.74, 6) is -3.26. The summed E-state index contributed by atoms with van der Waals surface area (Å²) in [6.07, 6.45) is 3.84. The van der Waals surface area contributed by atoms with E-state index in [4.69, 9.17) is 9.47 Å². The fraction of sp³-hybridized carbons (Fsp3) is 0.290. The van der Waals surface area contributed by atoms with Crippen molar-refractivity contribution in [3.8, 4) is 17.2 Å². The summed E-state index contributed by atoms with van der Waals surface area (Å²) >= 11 is 2.17. The highest BCUT2D eigenvalue weighted by atomic mass is 127. The minimum absolute atomic E-state index is 0.159. The van der Waals surface area contributed by atoms with Crippen LogP contribution in [-0.4, -0.2) is 42.7 Å². The first-order valence-corrected chi connectivity index (χ1v) is 14.0. The van der Waals surface area contributed by atoms with Crippen LogP contribution in [0, 0.1) is 21.3 Å². The lowest BCUT2D eigenvalue weighted by Gasteiger charge is -2.42. The number of carbonyl (C=O) groups excluding carboxylic acids is 4. The van der Waals surface area contributed by atoms with Gasteiger partial charge in [-0.15, -0.1) is 0 Å². The molecule has 8 nitrogen and oxygen atoms in total. The Morgan fingerprint density at radius 1 is 0.950 bits per heavy atom. The van der Waals surface area contributed by atoms with Gasteiger partial charge >= 0.3 is 0 Å². The maximum atomic E-state index is 14.0. The number of phenols is 1. The molecule has 204 valence electrons. The number of benzene rings is 2. The van der Waals surface area contributed by atoms with Crippen LogP contribution in [0.1, 0.15) is 31.2 Å². The molecule has 0 aromatic heterocycles. The molecule has 1 N–H and O–H groups in total. The zero-order valence-electron chi connectivity index (χ0n) is 22.1. The van der Waals surface area contributed by atoms with E-state index >= 15 is 0 Å². The number of amides is 2. The lowest BCUT2D eigenvalue weighted by Crippen LogP contribution is -2.39. The van der Waals surface area contributed by atoms with Crippen LogP contribution in [0.3, 0.4) is 0 Å². The molecule has 0 bridgehead atoms. The van der Waals surface area contributed by atoms with E-state index in [1.165, 1.54) is 25.2 Å². The minimum atomic E-state index is -0.673. The van der Waals surface area contributed by atoms with Crippen molar-refractivity contribution >= 4 is 51.7 Å². The van der Waals surface area contributed by atoms with Gasteiger partial charge in [-0.25, -0.2) is 0 Å². The second-order valence-electron chi connectivity index (χ2n) is 10.5. The van der Waals surface area contributed by atoms with Crippen LogP contribution in [0.2, 0.25) is 0 Å². The summed E-state index contributed by atoms with van der Waals surface area (Å²) < 4.78 is 11.8. The Morgan fingerprint density at radius 3 is 2.23 bits per heavy atom. The van der Waals surface area contributed by atoms with Crippen molar-refractivity contribution in [1.82, 2.24) is 0 Å². The second-order valence-corrected chi connectivity index (χ2v) is 11.7. The number of allylic oxidation sites excluding steroid dienone is 6. The maximum Gasteiger partial charge on any atom is 0.238 e. The molecule has 2 aromatic carbocycles. The summed E-state index contributed by atoms with van der Waals surface area (Å²) in [6.45, 7) is 1.62. The number of methoxy groups -OCH3 is 2. The molecule has 4 atom stereocenters. The molecule has 4 aliphatic rings. The zero-order valence-corrected chi connectivity index (χ0v) is 24.2. The second kappa shape index (κ2) is 9.72. The third kappa shape index (κ3) is 3.85. The number of rotatable bonds is 4. The van der Waals surface area contributed by atoms with E-state index in [1.54, 1.807) is 31.2 Å². The summed E-state index contributed by atoms with van der Waals surface area (Å²) in [6, 6.07) is 10.5. The van der Waals surface area contributed by atoms with E-state index in [2.05, 4.69) is 22.6 Å². The average molecular weight is 651 g/mol. The van der Waals surface area contributed by atoms with Gasteiger partial charge in [-0.05, 0) is 96.3 Å². The molecule has 3 aliphatic carbocycles. The van der Waals surface area contributed by atoms with Crippen LogP contribution < -0.4 is 14.4 Å². The first kappa shape index (κ1) is 26.5. The predicted octanol–water partition coefficient (Wildman–Crippen LogP) is 4.65. The Morgan fingerprint density at radius 2 is 1.60 bits per heavy atom. The van der Waals surface area contributed by atoms with Gasteiger partial charge in [-0.2, -0.15) is 0 Å². The van der Waals surface area contributed by atoms with E-state index in [0.717, 1.165) is 9.14 Å². The van der Waals surface area contributed by atoms with Gasteiger partial charge in [0.25, 0.3) is 0 Å². The summed E-state index contributed by atoms with van der Waals surface area (Å²) in [7, 11) is 2.84. The number of phenolic OH excluding ortho intramolecular Hbond substituents is 1. The molecule has 6 rings (SSSR count). The Balaban J connectivity index is 1.51. The van der Waals surface area contributed by atoms with Crippen molar-refractivity contribution in [1.29, 1.82) is 0 Å². The van der Waals surface area contributed by atoms with Crippen molar-refractivity contribution in [3.63, 3.8) is 0 Å². The van der Waals surface area contributed by atoms with Gasteiger partial charge in [-0.1, -0.05) is 11.6 Å². The fourth-order valence-corrected chi connectivity index (χ4v) is 7.03. The number of carbonyl (C=O) groups is 4. The van der Waals surface area contributed by atoms with Crippen LogP contribution in [0.15, 0.2) is 70.8 Å². The monoisotopic (exact) mass is 651 g/mol. The standard InChI is InChI=1S/C31H26INO7/c1-14-10-22(34)21-13-20-18(25(27(21)28(14)35)15-11-23(39-2)29(36)24(12-15)40-3)8-9-19-26(20)31(38)33(30(19)37)17-6-4-16(32)5-7-17/h4-8,10-12,19-20,25-26,36H,9,13H2,1-3H3. The molecule has 2 amide bonds. The lowest BCUT2D eigenvalue weighted by atomic mass is 9.59. The van der Waals surface area contributed by atoms with Crippen molar-refractivity contribution < 1.29 is 33.8 Å². The van der Waals surface area contributed by atoms with Crippen molar-refractivity contribution in [3.05, 3.63) is 80.0 Å². The topological polar surface area (TPSA) is 110 Å². The predicted molar refractivity (Wildman–Crippen MR) is 154 cm³/mol. The smallest absolute Gasteiger partial charge is 0.238 e. The molecular weight excluding hydrogens is 625 g/mol. The minimum Gasteiger partial charge on any atom is -0.502 e. The van der Waals surface area contributed by atoms with Crippen LogP contribution in [0.5, 0.6) is 17.2 Å². The number of halogens is 1. The van der Waals surface area contributed by atoms with E-state index in [-0.39, 0.29) is 47.1 Å². The van der Waals surface area contributed by atoms with E-state index in [9.17, 15) is 24.3 Å². The third-order valence-electron chi connectivity index (χ3n) is 8.49. The van der Waals surface area contributed by atoms with E-state index in [1.807, 2.05) is 18.2 Å². The third-order valence-corrected chi connectivity index (χ3v) is 9.20. The molecule has 1 heterocycles. The molecule has 0 spiro atoms. The summed E-state index contributed by atoms with van der Waals surface area (Å²) in [4.78, 5) is 55.7. The van der Waals surface area contributed by atoms with E-state index < -0.39 is 23.7 Å². The highest BCUT2D eigenvalue weighted by Gasteiger charge is 2.56. The zero-order chi connectivity index (χ0) is 28.5. The van der Waals surface area contributed by atoms with Gasteiger partial charge in [-0.3, -0.25) is 24.1 Å². The van der Waals surface area contributed by atoms with Gasteiger partial charge < -0.3 is 14.6 Å². The van der Waals surface area contributed by atoms with Gasteiger partial charge in [0.2, 0.25) is 17.6 Å². The SMILES string of the molecule is COc1cc(C2C3=CCC4C(=O)N(c5ccc(I)cc5)C(=O)C4C3CC3=C2C(=O)C(C)=CC3=O)cc(OC)c1O. The number of hydrogen-bond donors (Lipinski definition) is 1. The molecule has 1 saturated heterocycles. The quantitative estimate of drug-likeness (QED) is 0.222. The number of imide groups is 1. The van der Waals surface area contributed by atoms with Crippen molar-refractivity contribution in [2.75, 3.05) is 19.1 Å². The molecule has 9 heteroatoms. The van der Waals surface area contributed by atoms with Gasteiger partial charge in [0.05, 0.1) is 31.7 Å². The number of ketones is 2. The number of ether oxygens (including phenoxy) is 2. The molecule has 2 aromatic rings. The number of aromatic hydroxyl groups is 1. The van der Waals surface area contributed by atoms with Gasteiger partial charge in [0.1, 0.15) is 0 Å². The molecule has 4 unspecified atom stereocenters.